The van der Waals surface area contributed by atoms with Gasteiger partial charge in [-0.2, -0.15) is 0 Å². The Morgan fingerprint density at radius 2 is 2.05 bits per heavy atom. The number of ether oxygens (including phenoxy) is 1. The molecule has 0 bridgehead atoms. The van der Waals surface area contributed by atoms with E-state index in [1.807, 2.05) is 43.0 Å². The van der Waals surface area contributed by atoms with Crippen LogP contribution in [0.3, 0.4) is 0 Å². The molecule has 0 aliphatic carbocycles. The van der Waals surface area contributed by atoms with E-state index < -0.39 is 0 Å². The highest BCUT2D eigenvalue weighted by molar-refractivity contribution is 5.78. The smallest absolute Gasteiger partial charge is 0.234 e. The third-order valence-electron chi connectivity index (χ3n) is 3.71. The first-order valence-electron chi connectivity index (χ1n) is 7.89. The number of aliphatic hydroxyl groups excluding tert-OH is 1. The van der Waals surface area contributed by atoms with Gasteiger partial charge in [-0.3, -0.25) is 9.69 Å². The van der Waals surface area contributed by atoms with Crippen LogP contribution in [0.4, 0.5) is 0 Å². The number of β-amino-alcohol motifs (C(OH)–C–C–N with tert-alkyl or cyclic N) is 1. The van der Waals surface area contributed by atoms with Crippen LogP contribution >= 0.6 is 0 Å². The van der Waals surface area contributed by atoms with E-state index in [-0.39, 0.29) is 18.1 Å². The van der Waals surface area contributed by atoms with Gasteiger partial charge in [0.1, 0.15) is 0 Å². The van der Waals surface area contributed by atoms with Crippen molar-refractivity contribution >= 4 is 5.91 Å². The number of amides is 1. The molecule has 1 aliphatic rings. The summed E-state index contributed by atoms with van der Waals surface area (Å²) in [5, 5.41) is 12.4. The Balaban J connectivity index is 1.71. The summed E-state index contributed by atoms with van der Waals surface area (Å²) in [6.07, 6.45) is 0.698. The molecule has 0 saturated carbocycles. The third kappa shape index (κ3) is 5.75. The number of aliphatic hydroxyl groups is 1. The number of likely N-dealkylation sites (tertiary alicyclic amines) is 1. The molecule has 1 fully saturated rings. The molecular formula is C17H26N2O3. The van der Waals surface area contributed by atoms with E-state index in [2.05, 4.69) is 5.32 Å². The maximum absolute atomic E-state index is 11.9. The summed E-state index contributed by atoms with van der Waals surface area (Å²) in [6.45, 7) is 6.92. The van der Waals surface area contributed by atoms with Gasteiger partial charge in [0.2, 0.25) is 5.91 Å². The van der Waals surface area contributed by atoms with Crippen LogP contribution < -0.4 is 5.32 Å². The molecular weight excluding hydrogens is 280 g/mol. The van der Waals surface area contributed by atoms with Gasteiger partial charge in [-0.05, 0) is 31.4 Å². The molecule has 22 heavy (non-hydrogen) atoms. The van der Waals surface area contributed by atoms with Crippen LogP contribution in [0, 0.1) is 0 Å². The lowest BCUT2D eigenvalue weighted by molar-refractivity contribution is -0.122. The van der Waals surface area contributed by atoms with E-state index >= 15 is 0 Å². The molecule has 5 heteroatoms. The number of carbonyl (C=O) groups excluding carboxylic acids is 1. The predicted molar refractivity (Wildman–Crippen MR) is 85.3 cm³/mol. The zero-order valence-corrected chi connectivity index (χ0v) is 13.4. The van der Waals surface area contributed by atoms with Gasteiger partial charge in [0.15, 0.2) is 0 Å². The van der Waals surface area contributed by atoms with Crippen LogP contribution in [0.15, 0.2) is 24.3 Å². The lowest BCUT2D eigenvalue weighted by Gasteiger charge is -2.14. The Bertz CT molecular complexity index is 473. The Kier molecular flexibility index (Phi) is 6.36. The second-order valence-corrected chi connectivity index (χ2v) is 6.13. The average molecular weight is 306 g/mol. The third-order valence-corrected chi connectivity index (χ3v) is 3.71. The minimum atomic E-state index is -0.284. The summed E-state index contributed by atoms with van der Waals surface area (Å²) in [5.74, 6) is 0.00122. The summed E-state index contributed by atoms with van der Waals surface area (Å²) >= 11 is 0. The number of carbonyl (C=O) groups is 1. The first-order valence-corrected chi connectivity index (χ1v) is 7.89. The number of benzene rings is 1. The fourth-order valence-corrected chi connectivity index (χ4v) is 2.43. The van der Waals surface area contributed by atoms with Crippen molar-refractivity contribution in [2.75, 3.05) is 19.6 Å². The molecule has 0 radical (unpaired) electrons. The van der Waals surface area contributed by atoms with Crippen molar-refractivity contribution in [3.05, 3.63) is 35.4 Å². The molecule has 5 nitrogen and oxygen atoms in total. The van der Waals surface area contributed by atoms with E-state index in [9.17, 15) is 9.90 Å². The molecule has 1 heterocycles. The number of hydrogen-bond acceptors (Lipinski definition) is 4. The molecule has 2 rings (SSSR count). The zero-order chi connectivity index (χ0) is 15.9. The highest BCUT2D eigenvalue weighted by Crippen LogP contribution is 2.09. The number of nitrogens with one attached hydrogen (secondary N) is 1. The molecule has 1 saturated heterocycles. The molecule has 122 valence electrons. The molecule has 1 aromatic carbocycles. The van der Waals surface area contributed by atoms with Crippen LogP contribution in [0.1, 0.15) is 31.4 Å². The van der Waals surface area contributed by atoms with Gasteiger partial charge in [-0.15, -0.1) is 0 Å². The normalized spacial score (nSPS) is 18.8. The molecule has 1 aromatic rings. The monoisotopic (exact) mass is 306 g/mol. The van der Waals surface area contributed by atoms with Crippen LogP contribution in [-0.4, -0.2) is 47.8 Å². The van der Waals surface area contributed by atoms with E-state index in [0.717, 1.165) is 24.1 Å². The zero-order valence-electron chi connectivity index (χ0n) is 13.4. The second kappa shape index (κ2) is 8.27. The predicted octanol–water partition coefficient (Wildman–Crippen LogP) is 1.29. The van der Waals surface area contributed by atoms with E-state index in [1.54, 1.807) is 0 Å². The first-order chi connectivity index (χ1) is 10.5. The fourth-order valence-electron chi connectivity index (χ4n) is 2.43. The summed E-state index contributed by atoms with van der Waals surface area (Å²) in [7, 11) is 0. The fraction of sp³-hybridized carbons (Fsp3) is 0.588. The highest BCUT2D eigenvalue weighted by atomic mass is 16.5. The lowest BCUT2D eigenvalue weighted by atomic mass is 10.1. The summed E-state index contributed by atoms with van der Waals surface area (Å²) in [6, 6.07) is 8.08. The molecule has 1 amide bonds. The Labute approximate surface area is 132 Å². The molecule has 2 N–H and O–H groups in total. The molecule has 1 atom stereocenters. The van der Waals surface area contributed by atoms with E-state index in [1.165, 1.54) is 0 Å². The summed E-state index contributed by atoms with van der Waals surface area (Å²) < 4.78 is 5.55. The van der Waals surface area contributed by atoms with Gasteiger partial charge in [0, 0.05) is 19.6 Å². The topological polar surface area (TPSA) is 61.8 Å². The minimum Gasteiger partial charge on any atom is -0.392 e. The average Bonchev–Trinajstić information content (AvgIpc) is 2.89. The Hall–Kier alpha value is -1.43. The standard InChI is InChI=1S/C17H26N2O3/c1-13(2)22-12-15-5-3-14(4-6-15)9-18-17(21)11-19-8-7-16(20)10-19/h3-6,13,16,20H,7-12H2,1-2H3,(H,18,21)/t16-/m0/s1. The molecule has 0 unspecified atom stereocenters. The van der Waals surface area contributed by atoms with Gasteiger partial charge in [0.05, 0.1) is 25.4 Å². The largest absolute Gasteiger partial charge is 0.392 e. The number of hydrogen-bond donors (Lipinski definition) is 2. The number of rotatable bonds is 7. The maximum atomic E-state index is 11.9. The Morgan fingerprint density at radius 1 is 1.36 bits per heavy atom. The van der Waals surface area contributed by atoms with Crippen LogP contribution in [-0.2, 0) is 22.7 Å². The van der Waals surface area contributed by atoms with Crippen molar-refractivity contribution in [2.45, 2.75) is 45.6 Å². The molecule has 1 aliphatic heterocycles. The van der Waals surface area contributed by atoms with Crippen molar-refractivity contribution in [3.8, 4) is 0 Å². The van der Waals surface area contributed by atoms with Crippen molar-refractivity contribution in [3.63, 3.8) is 0 Å². The SMILES string of the molecule is CC(C)OCc1ccc(CNC(=O)CN2CC[C@H](O)C2)cc1. The van der Waals surface area contributed by atoms with Crippen molar-refractivity contribution < 1.29 is 14.6 Å². The van der Waals surface area contributed by atoms with E-state index in [0.29, 0.717) is 26.2 Å². The minimum absolute atomic E-state index is 0.00122. The summed E-state index contributed by atoms with van der Waals surface area (Å²) in [5.41, 5.74) is 2.21. The van der Waals surface area contributed by atoms with Gasteiger partial charge in [0.25, 0.3) is 0 Å². The van der Waals surface area contributed by atoms with E-state index in [4.69, 9.17) is 4.74 Å². The van der Waals surface area contributed by atoms with Crippen molar-refractivity contribution in [1.82, 2.24) is 10.2 Å². The van der Waals surface area contributed by atoms with Crippen LogP contribution in [0.25, 0.3) is 0 Å². The van der Waals surface area contributed by atoms with Crippen LogP contribution in [0.5, 0.6) is 0 Å². The van der Waals surface area contributed by atoms with Crippen molar-refractivity contribution in [2.24, 2.45) is 0 Å². The van der Waals surface area contributed by atoms with Gasteiger partial charge in [-0.25, -0.2) is 0 Å². The Morgan fingerprint density at radius 3 is 2.64 bits per heavy atom. The molecule has 0 aromatic heterocycles. The maximum Gasteiger partial charge on any atom is 0.234 e. The lowest BCUT2D eigenvalue weighted by Crippen LogP contribution is -2.36. The van der Waals surface area contributed by atoms with Gasteiger partial charge in [-0.1, -0.05) is 24.3 Å². The number of nitrogens with zero attached hydrogens (tertiary/aromatic N) is 1. The second-order valence-electron chi connectivity index (χ2n) is 6.13. The van der Waals surface area contributed by atoms with Crippen LogP contribution in [0.2, 0.25) is 0 Å². The van der Waals surface area contributed by atoms with Crippen molar-refractivity contribution in [1.29, 1.82) is 0 Å². The summed E-state index contributed by atoms with van der Waals surface area (Å²) in [4.78, 5) is 13.8. The first kappa shape index (κ1) is 16.9. The van der Waals surface area contributed by atoms with Gasteiger partial charge < -0.3 is 15.2 Å². The highest BCUT2D eigenvalue weighted by Gasteiger charge is 2.21. The molecule has 0 spiro atoms. The van der Waals surface area contributed by atoms with Gasteiger partial charge >= 0.3 is 0 Å². The quantitative estimate of drug-likeness (QED) is 0.797.